The highest BCUT2D eigenvalue weighted by atomic mass is 16.6. The number of nitrogens with zero attached hydrogens (tertiary/aromatic N) is 3. The molecule has 2 N–H and O–H groups in total. The van der Waals surface area contributed by atoms with Crippen molar-refractivity contribution in [2.24, 2.45) is 0 Å². The van der Waals surface area contributed by atoms with Gasteiger partial charge in [-0.15, -0.1) is 0 Å². The number of aromatic nitrogens is 2. The molecule has 3 aromatic rings. The molecule has 1 aliphatic heterocycles. The van der Waals surface area contributed by atoms with Crippen LogP contribution in [0.4, 0.5) is 0 Å². The number of nitrogens with one attached hydrogen (secondary N) is 2. The van der Waals surface area contributed by atoms with E-state index in [0.717, 1.165) is 26.1 Å². The van der Waals surface area contributed by atoms with Crippen LogP contribution in [0.5, 0.6) is 0 Å². The first-order chi connectivity index (χ1) is 14.1. The number of aryl methyl sites for hydroxylation is 1. The summed E-state index contributed by atoms with van der Waals surface area (Å²) in [6.07, 6.45) is 0.904. The van der Waals surface area contributed by atoms with Gasteiger partial charge in [-0.3, -0.25) is 14.5 Å². The lowest BCUT2D eigenvalue weighted by molar-refractivity contribution is -0.120. The number of likely N-dealkylation sites (tertiary alicyclic amines) is 1. The quantitative estimate of drug-likeness (QED) is 0.661. The van der Waals surface area contributed by atoms with Crippen molar-refractivity contribution in [2.45, 2.75) is 25.9 Å². The Morgan fingerprint density at radius 1 is 1.14 bits per heavy atom. The van der Waals surface area contributed by atoms with Crippen molar-refractivity contribution in [2.75, 3.05) is 19.6 Å². The SMILES string of the molecule is Cc1ccc(CN2CC[C@@H](NC(=O)CNC(=O)c3ccc4nonc4c3)C2)cc1. The molecule has 1 atom stereocenters. The van der Waals surface area contributed by atoms with Gasteiger partial charge in [0.2, 0.25) is 5.91 Å². The number of carbonyl (C=O) groups is 2. The van der Waals surface area contributed by atoms with Crippen LogP contribution in [0.3, 0.4) is 0 Å². The Morgan fingerprint density at radius 2 is 1.93 bits per heavy atom. The Morgan fingerprint density at radius 3 is 2.76 bits per heavy atom. The van der Waals surface area contributed by atoms with Crippen molar-refractivity contribution < 1.29 is 14.2 Å². The van der Waals surface area contributed by atoms with E-state index in [1.807, 2.05) is 0 Å². The van der Waals surface area contributed by atoms with E-state index in [1.54, 1.807) is 18.2 Å². The van der Waals surface area contributed by atoms with Gasteiger partial charge in [-0.25, -0.2) is 4.63 Å². The molecule has 2 amide bonds. The summed E-state index contributed by atoms with van der Waals surface area (Å²) in [5.74, 6) is -0.526. The van der Waals surface area contributed by atoms with E-state index in [2.05, 4.69) is 61.7 Å². The number of carbonyl (C=O) groups excluding carboxylic acids is 2. The second kappa shape index (κ2) is 8.40. The van der Waals surface area contributed by atoms with E-state index < -0.39 is 0 Å². The third kappa shape index (κ3) is 4.78. The fourth-order valence-electron chi connectivity index (χ4n) is 3.51. The third-order valence-electron chi connectivity index (χ3n) is 5.09. The smallest absolute Gasteiger partial charge is 0.251 e. The maximum absolute atomic E-state index is 12.3. The molecular weight excluding hydrogens is 370 g/mol. The summed E-state index contributed by atoms with van der Waals surface area (Å²) >= 11 is 0. The Labute approximate surface area is 168 Å². The molecular formula is C21H23N5O3. The molecule has 1 saturated heterocycles. The van der Waals surface area contributed by atoms with E-state index in [9.17, 15) is 9.59 Å². The summed E-state index contributed by atoms with van der Waals surface area (Å²) in [5.41, 5.74) is 4.01. The van der Waals surface area contributed by atoms with Crippen LogP contribution in [0.25, 0.3) is 11.0 Å². The Bertz CT molecular complexity index is 1010. The van der Waals surface area contributed by atoms with Gasteiger partial charge in [0.1, 0.15) is 11.0 Å². The molecule has 150 valence electrons. The Hall–Kier alpha value is -3.26. The average Bonchev–Trinajstić information content (AvgIpc) is 3.36. The van der Waals surface area contributed by atoms with E-state index >= 15 is 0 Å². The highest BCUT2D eigenvalue weighted by Crippen LogP contribution is 2.14. The molecule has 0 radical (unpaired) electrons. The summed E-state index contributed by atoms with van der Waals surface area (Å²) in [5, 5.41) is 13.1. The van der Waals surface area contributed by atoms with Crippen LogP contribution in [-0.2, 0) is 11.3 Å². The monoisotopic (exact) mass is 393 g/mol. The first-order valence-electron chi connectivity index (χ1n) is 9.64. The van der Waals surface area contributed by atoms with Crippen LogP contribution in [0.2, 0.25) is 0 Å². The second-order valence-electron chi connectivity index (χ2n) is 7.42. The highest BCUT2D eigenvalue weighted by molar-refractivity contribution is 5.98. The predicted octanol–water partition coefficient (Wildman–Crippen LogP) is 1.65. The maximum atomic E-state index is 12.3. The minimum Gasteiger partial charge on any atom is -0.350 e. The molecule has 1 aromatic heterocycles. The molecule has 2 heterocycles. The van der Waals surface area contributed by atoms with Gasteiger partial charge >= 0.3 is 0 Å². The second-order valence-corrected chi connectivity index (χ2v) is 7.42. The molecule has 8 nitrogen and oxygen atoms in total. The molecule has 0 unspecified atom stereocenters. The normalized spacial score (nSPS) is 16.8. The van der Waals surface area contributed by atoms with Crippen LogP contribution in [-0.4, -0.2) is 52.7 Å². The van der Waals surface area contributed by atoms with E-state index in [4.69, 9.17) is 0 Å². The molecule has 4 rings (SSSR count). The predicted molar refractivity (Wildman–Crippen MR) is 107 cm³/mol. The zero-order valence-electron chi connectivity index (χ0n) is 16.2. The first-order valence-corrected chi connectivity index (χ1v) is 9.64. The first kappa shape index (κ1) is 19.1. The standard InChI is InChI=1S/C21H23N5O3/c1-14-2-4-15(5-3-14)12-26-9-8-17(13-26)23-20(27)11-22-21(28)16-6-7-18-19(10-16)25-29-24-18/h2-7,10,17H,8-9,11-13H2,1H3,(H,22,28)(H,23,27)/t17-/m1/s1. The van der Waals surface area contributed by atoms with E-state index in [-0.39, 0.29) is 24.4 Å². The van der Waals surface area contributed by atoms with Crippen LogP contribution < -0.4 is 10.6 Å². The van der Waals surface area contributed by atoms with Gasteiger partial charge in [-0.1, -0.05) is 29.8 Å². The molecule has 1 aliphatic rings. The van der Waals surface area contributed by atoms with Gasteiger partial charge in [0.15, 0.2) is 0 Å². The largest absolute Gasteiger partial charge is 0.350 e. The van der Waals surface area contributed by atoms with Crippen molar-refractivity contribution in [1.29, 1.82) is 0 Å². The van der Waals surface area contributed by atoms with Crippen LogP contribution in [0, 0.1) is 6.92 Å². The minimum absolute atomic E-state index is 0.0671. The van der Waals surface area contributed by atoms with Crippen molar-refractivity contribution in [3.63, 3.8) is 0 Å². The van der Waals surface area contributed by atoms with Crippen LogP contribution >= 0.6 is 0 Å². The molecule has 0 spiro atoms. The fourth-order valence-corrected chi connectivity index (χ4v) is 3.51. The highest BCUT2D eigenvalue weighted by Gasteiger charge is 2.24. The number of hydrogen-bond acceptors (Lipinski definition) is 6. The van der Waals surface area contributed by atoms with Crippen LogP contribution in [0.1, 0.15) is 27.9 Å². The van der Waals surface area contributed by atoms with Crippen molar-refractivity contribution >= 4 is 22.8 Å². The van der Waals surface area contributed by atoms with Gasteiger partial charge in [0.05, 0.1) is 6.54 Å². The Kier molecular flexibility index (Phi) is 5.53. The van der Waals surface area contributed by atoms with Crippen molar-refractivity contribution in [1.82, 2.24) is 25.8 Å². The topological polar surface area (TPSA) is 100 Å². The van der Waals surface area contributed by atoms with E-state index in [0.29, 0.717) is 16.6 Å². The number of hydrogen-bond donors (Lipinski definition) is 2. The molecule has 0 saturated carbocycles. The maximum Gasteiger partial charge on any atom is 0.251 e. The third-order valence-corrected chi connectivity index (χ3v) is 5.09. The lowest BCUT2D eigenvalue weighted by Gasteiger charge is -2.17. The number of benzene rings is 2. The van der Waals surface area contributed by atoms with Gasteiger partial charge in [-0.05, 0) is 47.4 Å². The lowest BCUT2D eigenvalue weighted by Crippen LogP contribution is -2.43. The zero-order chi connectivity index (χ0) is 20.2. The lowest BCUT2D eigenvalue weighted by atomic mass is 10.1. The zero-order valence-corrected chi connectivity index (χ0v) is 16.2. The fraction of sp³-hybridized carbons (Fsp3) is 0.333. The summed E-state index contributed by atoms with van der Waals surface area (Å²) in [7, 11) is 0. The summed E-state index contributed by atoms with van der Waals surface area (Å²) in [6, 6.07) is 13.5. The number of rotatable bonds is 6. The van der Waals surface area contributed by atoms with E-state index in [1.165, 1.54) is 11.1 Å². The van der Waals surface area contributed by atoms with Crippen molar-refractivity contribution in [3.8, 4) is 0 Å². The average molecular weight is 393 g/mol. The van der Waals surface area contributed by atoms with Gasteiger partial charge < -0.3 is 10.6 Å². The number of fused-ring (bicyclic) bond motifs is 1. The molecule has 2 aromatic carbocycles. The summed E-state index contributed by atoms with van der Waals surface area (Å²) in [6.45, 7) is 4.64. The van der Waals surface area contributed by atoms with Gasteiger partial charge in [-0.2, -0.15) is 0 Å². The van der Waals surface area contributed by atoms with Gasteiger partial charge in [0.25, 0.3) is 5.91 Å². The number of amides is 2. The Balaban J connectivity index is 1.22. The molecule has 0 bridgehead atoms. The minimum atomic E-state index is -0.336. The molecule has 0 aliphatic carbocycles. The molecule has 29 heavy (non-hydrogen) atoms. The summed E-state index contributed by atoms with van der Waals surface area (Å²) in [4.78, 5) is 26.8. The molecule has 8 heteroatoms. The summed E-state index contributed by atoms with van der Waals surface area (Å²) < 4.78 is 4.62. The molecule has 1 fully saturated rings. The van der Waals surface area contributed by atoms with Crippen LogP contribution in [0.15, 0.2) is 47.1 Å². The van der Waals surface area contributed by atoms with Crippen molar-refractivity contribution in [3.05, 3.63) is 59.2 Å². The van der Waals surface area contributed by atoms with Gasteiger partial charge in [0, 0.05) is 31.2 Å².